The average molecular weight is 373 g/mol. The van der Waals surface area contributed by atoms with Crippen molar-refractivity contribution in [3.8, 4) is 0 Å². The topological polar surface area (TPSA) is 82.4 Å². The van der Waals surface area contributed by atoms with Gasteiger partial charge in [0.25, 0.3) is 5.91 Å². The molecule has 146 valence electrons. The second-order valence-electron chi connectivity index (χ2n) is 7.09. The van der Waals surface area contributed by atoms with E-state index >= 15 is 0 Å². The van der Waals surface area contributed by atoms with E-state index in [-0.39, 0.29) is 24.4 Å². The van der Waals surface area contributed by atoms with Crippen LogP contribution in [0.2, 0.25) is 0 Å². The highest BCUT2D eigenvalue weighted by atomic mass is 16.5. The number of methoxy groups -OCH3 is 1. The fraction of sp³-hybridized carbons (Fsp3) is 0.550. The predicted octanol–water partition coefficient (Wildman–Crippen LogP) is 2.37. The molecule has 3 rings (SSSR count). The van der Waals surface area contributed by atoms with Crippen molar-refractivity contribution in [3.63, 3.8) is 0 Å². The van der Waals surface area contributed by atoms with Crippen molar-refractivity contribution < 1.29 is 19.4 Å². The molecule has 2 heterocycles. The van der Waals surface area contributed by atoms with E-state index in [4.69, 9.17) is 4.74 Å². The summed E-state index contributed by atoms with van der Waals surface area (Å²) in [6, 6.07) is 9.34. The normalized spacial score (nSPS) is 27.0. The lowest BCUT2D eigenvalue weighted by molar-refractivity contribution is -0.137. The van der Waals surface area contributed by atoms with Crippen LogP contribution in [0.1, 0.15) is 32.6 Å². The molecule has 3 unspecified atom stereocenters. The quantitative estimate of drug-likeness (QED) is 0.793. The standard InChI is InChI=1S/C20H27N3O4/c1-3-17-16(12-18(24)25)19(21-22-11-7-10-15(22)13-27-2)20(26)23(17)14-8-5-4-6-9-14/h4-6,8-9,15-17H,3,7,10-13H2,1-2H3,(H,24,25). The maximum absolute atomic E-state index is 13.3. The minimum Gasteiger partial charge on any atom is -0.481 e. The van der Waals surface area contributed by atoms with Gasteiger partial charge in [0.1, 0.15) is 5.71 Å². The zero-order chi connectivity index (χ0) is 19.4. The number of benzene rings is 1. The van der Waals surface area contributed by atoms with E-state index in [1.807, 2.05) is 42.3 Å². The van der Waals surface area contributed by atoms with Gasteiger partial charge >= 0.3 is 5.97 Å². The molecule has 0 bridgehead atoms. The van der Waals surface area contributed by atoms with Crippen LogP contribution in [0, 0.1) is 5.92 Å². The Morgan fingerprint density at radius 1 is 1.33 bits per heavy atom. The Hall–Kier alpha value is -2.41. The summed E-state index contributed by atoms with van der Waals surface area (Å²) in [7, 11) is 1.65. The van der Waals surface area contributed by atoms with Crippen molar-refractivity contribution in [1.29, 1.82) is 0 Å². The van der Waals surface area contributed by atoms with E-state index < -0.39 is 11.9 Å². The van der Waals surface area contributed by atoms with Gasteiger partial charge in [0.2, 0.25) is 0 Å². The van der Waals surface area contributed by atoms with Gasteiger partial charge in [0.05, 0.1) is 19.1 Å². The van der Waals surface area contributed by atoms with Crippen molar-refractivity contribution in [2.75, 3.05) is 25.2 Å². The SMILES string of the molecule is CCC1C(CC(=O)O)C(=NN2CCCC2COC)C(=O)N1c1ccccc1. The van der Waals surface area contributed by atoms with E-state index in [1.165, 1.54) is 0 Å². The van der Waals surface area contributed by atoms with Gasteiger partial charge in [0.15, 0.2) is 0 Å². The van der Waals surface area contributed by atoms with Gasteiger partial charge in [-0.2, -0.15) is 5.10 Å². The highest BCUT2D eigenvalue weighted by molar-refractivity contribution is 6.47. The molecular weight excluding hydrogens is 346 g/mol. The third kappa shape index (κ3) is 3.98. The molecule has 1 amide bonds. The Labute approximate surface area is 159 Å². The number of hydrogen-bond donors (Lipinski definition) is 1. The molecule has 0 radical (unpaired) electrons. The van der Waals surface area contributed by atoms with E-state index in [2.05, 4.69) is 5.10 Å². The number of carboxylic acids is 1. The van der Waals surface area contributed by atoms with Gasteiger partial charge in [0, 0.05) is 31.3 Å². The van der Waals surface area contributed by atoms with Gasteiger partial charge in [-0.15, -0.1) is 0 Å². The van der Waals surface area contributed by atoms with Crippen LogP contribution in [-0.2, 0) is 14.3 Å². The summed E-state index contributed by atoms with van der Waals surface area (Å²) >= 11 is 0. The van der Waals surface area contributed by atoms with Crippen LogP contribution in [-0.4, -0.2) is 60.0 Å². The number of ether oxygens (including phenoxy) is 1. The number of hydrogen-bond acceptors (Lipinski definition) is 5. The van der Waals surface area contributed by atoms with Crippen LogP contribution in [0.4, 0.5) is 5.69 Å². The highest BCUT2D eigenvalue weighted by Gasteiger charge is 2.47. The lowest BCUT2D eigenvalue weighted by Crippen LogP contribution is -2.35. The molecule has 0 spiro atoms. The first-order valence-corrected chi connectivity index (χ1v) is 9.51. The Morgan fingerprint density at radius 3 is 2.70 bits per heavy atom. The second kappa shape index (κ2) is 8.52. The van der Waals surface area contributed by atoms with Crippen molar-refractivity contribution in [2.45, 2.75) is 44.7 Å². The Kier molecular flexibility index (Phi) is 6.11. The van der Waals surface area contributed by atoms with Gasteiger partial charge in [-0.1, -0.05) is 25.1 Å². The van der Waals surface area contributed by atoms with Crippen LogP contribution in [0.15, 0.2) is 35.4 Å². The van der Waals surface area contributed by atoms with E-state index in [0.717, 1.165) is 25.1 Å². The van der Waals surface area contributed by atoms with Crippen LogP contribution < -0.4 is 4.90 Å². The van der Waals surface area contributed by atoms with Gasteiger partial charge in [-0.3, -0.25) is 14.6 Å². The molecule has 0 aliphatic carbocycles. The minimum atomic E-state index is -0.913. The number of hydrazone groups is 1. The van der Waals surface area contributed by atoms with Gasteiger partial charge < -0.3 is 14.7 Å². The number of amides is 1. The number of rotatable bonds is 7. The summed E-state index contributed by atoms with van der Waals surface area (Å²) in [6.07, 6.45) is 2.51. The zero-order valence-corrected chi connectivity index (χ0v) is 15.9. The Balaban J connectivity index is 1.98. The van der Waals surface area contributed by atoms with E-state index in [1.54, 1.807) is 12.0 Å². The highest BCUT2D eigenvalue weighted by Crippen LogP contribution is 2.34. The smallest absolute Gasteiger partial charge is 0.304 e. The maximum Gasteiger partial charge on any atom is 0.304 e. The molecular formula is C20H27N3O4. The third-order valence-electron chi connectivity index (χ3n) is 5.37. The number of carboxylic acid groups (broad SMARTS) is 1. The molecule has 1 aromatic rings. The third-order valence-corrected chi connectivity index (χ3v) is 5.37. The monoisotopic (exact) mass is 373 g/mol. The number of carbonyl (C=O) groups is 2. The molecule has 1 N–H and O–H groups in total. The van der Waals surface area contributed by atoms with Crippen LogP contribution in [0.3, 0.4) is 0 Å². The summed E-state index contributed by atoms with van der Waals surface area (Å²) in [5, 5.41) is 16.0. The fourth-order valence-corrected chi connectivity index (χ4v) is 4.15. The molecule has 0 aromatic heterocycles. The molecule has 27 heavy (non-hydrogen) atoms. The van der Waals surface area contributed by atoms with E-state index in [9.17, 15) is 14.7 Å². The summed E-state index contributed by atoms with van der Waals surface area (Å²) in [4.78, 5) is 26.5. The molecule has 2 fully saturated rings. The fourth-order valence-electron chi connectivity index (χ4n) is 4.15. The lowest BCUT2D eigenvalue weighted by Gasteiger charge is -2.26. The molecule has 1 aromatic carbocycles. The number of para-hydroxylation sites is 1. The first kappa shape index (κ1) is 19.4. The maximum atomic E-state index is 13.3. The summed E-state index contributed by atoms with van der Waals surface area (Å²) in [6.45, 7) is 3.29. The molecule has 3 atom stereocenters. The Bertz CT molecular complexity index is 706. The number of anilines is 1. The summed E-state index contributed by atoms with van der Waals surface area (Å²) < 4.78 is 5.27. The van der Waals surface area contributed by atoms with Gasteiger partial charge in [-0.25, -0.2) is 0 Å². The first-order valence-electron chi connectivity index (χ1n) is 9.51. The molecule has 2 saturated heterocycles. The number of carbonyl (C=O) groups excluding carboxylic acids is 1. The van der Waals surface area contributed by atoms with Crippen LogP contribution in [0.25, 0.3) is 0 Å². The first-order chi connectivity index (χ1) is 13.1. The number of nitrogens with zero attached hydrogens (tertiary/aromatic N) is 3. The number of aliphatic carboxylic acids is 1. The molecule has 2 aliphatic rings. The molecule has 2 aliphatic heterocycles. The summed E-state index contributed by atoms with van der Waals surface area (Å²) in [5.41, 5.74) is 1.14. The van der Waals surface area contributed by atoms with Crippen LogP contribution in [0.5, 0.6) is 0 Å². The minimum absolute atomic E-state index is 0.102. The predicted molar refractivity (Wildman–Crippen MR) is 103 cm³/mol. The molecule has 7 heteroatoms. The van der Waals surface area contributed by atoms with Crippen molar-refractivity contribution in [1.82, 2.24) is 5.01 Å². The van der Waals surface area contributed by atoms with Crippen molar-refractivity contribution in [2.24, 2.45) is 11.0 Å². The van der Waals surface area contributed by atoms with Crippen molar-refractivity contribution in [3.05, 3.63) is 30.3 Å². The zero-order valence-electron chi connectivity index (χ0n) is 15.9. The van der Waals surface area contributed by atoms with E-state index in [0.29, 0.717) is 18.7 Å². The average Bonchev–Trinajstić information content (AvgIpc) is 3.19. The Morgan fingerprint density at radius 2 is 2.07 bits per heavy atom. The second-order valence-corrected chi connectivity index (χ2v) is 7.09. The molecule has 0 saturated carbocycles. The molecule has 7 nitrogen and oxygen atoms in total. The largest absolute Gasteiger partial charge is 0.481 e. The lowest BCUT2D eigenvalue weighted by atomic mass is 9.93. The van der Waals surface area contributed by atoms with Crippen molar-refractivity contribution >= 4 is 23.3 Å². The van der Waals surface area contributed by atoms with Gasteiger partial charge in [-0.05, 0) is 31.4 Å². The van der Waals surface area contributed by atoms with Crippen LogP contribution >= 0.6 is 0 Å². The summed E-state index contributed by atoms with van der Waals surface area (Å²) in [5.74, 6) is -1.53.